The van der Waals surface area contributed by atoms with Crippen molar-refractivity contribution >= 4 is 17.2 Å². The quantitative estimate of drug-likeness (QED) is 0.853. The van der Waals surface area contributed by atoms with Crippen molar-refractivity contribution in [3.05, 3.63) is 58.0 Å². The van der Waals surface area contributed by atoms with E-state index in [2.05, 4.69) is 24.3 Å². The molecule has 1 aromatic carbocycles. The topological polar surface area (TPSA) is 32.3 Å². The van der Waals surface area contributed by atoms with Crippen LogP contribution < -0.4 is 5.32 Å². The molecule has 1 heterocycles. The highest BCUT2D eigenvalue weighted by atomic mass is 32.1. The van der Waals surface area contributed by atoms with Crippen LogP contribution in [-0.4, -0.2) is 30.9 Å². The lowest BCUT2D eigenvalue weighted by Gasteiger charge is -2.37. The van der Waals surface area contributed by atoms with Gasteiger partial charge in [0.15, 0.2) is 0 Å². The van der Waals surface area contributed by atoms with Crippen LogP contribution in [-0.2, 0) is 0 Å². The number of carbonyl (C=O) groups is 1. The molecule has 1 amide bonds. The lowest BCUT2D eigenvalue weighted by Crippen LogP contribution is -2.39. The van der Waals surface area contributed by atoms with Crippen LogP contribution in [0, 0.1) is 11.7 Å². The van der Waals surface area contributed by atoms with Crippen molar-refractivity contribution in [1.82, 2.24) is 10.2 Å². The van der Waals surface area contributed by atoms with Gasteiger partial charge in [0.25, 0.3) is 5.91 Å². The zero-order chi connectivity index (χ0) is 17.8. The minimum absolute atomic E-state index is 0.0349. The molecule has 1 atom stereocenters. The summed E-state index contributed by atoms with van der Waals surface area (Å²) in [5, 5.41) is 5.08. The second-order valence-electron chi connectivity index (χ2n) is 7.03. The van der Waals surface area contributed by atoms with E-state index in [1.165, 1.54) is 17.4 Å². The number of nitrogens with one attached hydrogen (secondary N) is 1. The molecule has 1 aliphatic carbocycles. The molecule has 134 valence electrons. The summed E-state index contributed by atoms with van der Waals surface area (Å²) in [5.41, 5.74) is 1.04. The molecule has 0 bridgehead atoms. The van der Waals surface area contributed by atoms with Crippen molar-refractivity contribution in [1.29, 1.82) is 0 Å². The maximum Gasteiger partial charge on any atom is 0.261 e. The molecule has 1 aromatic heterocycles. The number of hydrogen-bond acceptors (Lipinski definition) is 3. The van der Waals surface area contributed by atoms with Gasteiger partial charge in [0.2, 0.25) is 0 Å². The van der Waals surface area contributed by atoms with Gasteiger partial charge in [0.05, 0.1) is 4.88 Å². The fourth-order valence-corrected chi connectivity index (χ4v) is 4.55. The first-order valence-corrected chi connectivity index (χ1v) is 9.69. The van der Waals surface area contributed by atoms with Gasteiger partial charge in [-0.05, 0) is 74.8 Å². The van der Waals surface area contributed by atoms with Gasteiger partial charge in [-0.25, -0.2) is 4.39 Å². The maximum atomic E-state index is 13.6. The molecule has 0 aliphatic heterocycles. The highest BCUT2D eigenvalue weighted by molar-refractivity contribution is 7.12. The molecular weight excluding hydrogens is 335 g/mol. The second kappa shape index (κ2) is 8.11. The van der Waals surface area contributed by atoms with Crippen LogP contribution in [0.5, 0.6) is 0 Å². The molecule has 0 spiro atoms. The molecule has 1 aliphatic rings. The fourth-order valence-electron chi connectivity index (χ4n) is 3.93. The van der Waals surface area contributed by atoms with Crippen molar-refractivity contribution in [2.45, 2.75) is 37.8 Å². The summed E-state index contributed by atoms with van der Waals surface area (Å²) < 4.78 is 13.6. The van der Waals surface area contributed by atoms with Crippen molar-refractivity contribution < 1.29 is 9.18 Å². The third-order valence-corrected chi connectivity index (χ3v) is 5.91. The van der Waals surface area contributed by atoms with Crippen molar-refractivity contribution in [2.24, 2.45) is 5.92 Å². The Kier molecular flexibility index (Phi) is 5.86. The first-order chi connectivity index (χ1) is 12.0. The Morgan fingerprint density at radius 2 is 1.96 bits per heavy atom. The number of nitrogens with zero attached hydrogens (tertiary/aromatic N) is 1. The molecule has 1 fully saturated rings. The van der Waals surface area contributed by atoms with Gasteiger partial charge in [-0.2, -0.15) is 0 Å². The largest absolute Gasteiger partial charge is 0.349 e. The summed E-state index contributed by atoms with van der Waals surface area (Å²) in [6.45, 7) is 0. The lowest BCUT2D eigenvalue weighted by atomic mass is 9.78. The highest BCUT2D eigenvalue weighted by Crippen LogP contribution is 2.37. The molecule has 3 rings (SSSR count). The van der Waals surface area contributed by atoms with Crippen LogP contribution in [0.25, 0.3) is 0 Å². The standard InChI is InChI=1S/C20H25FN2OS/c1-23(2)19(15-5-3-6-16(21)13-15)14-8-10-17(11-9-14)22-20(24)18-7-4-12-25-18/h3-7,12-14,17,19H,8-11H2,1-2H3,(H,22,24). The number of hydrogen-bond donors (Lipinski definition) is 1. The molecule has 1 N–H and O–H groups in total. The summed E-state index contributed by atoms with van der Waals surface area (Å²) in [6.07, 6.45) is 4.02. The fraction of sp³-hybridized carbons (Fsp3) is 0.450. The Hall–Kier alpha value is -1.72. The lowest BCUT2D eigenvalue weighted by molar-refractivity contribution is 0.0910. The van der Waals surface area contributed by atoms with Gasteiger partial charge in [0.1, 0.15) is 5.82 Å². The Bertz CT molecular complexity index is 693. The van der Waals surface area contributed by atoms with E-state index in [1.807, 2.05) is 23.6 Å². The average molecular weight is 360 g/mol. The summed E-state index contributed by atoms with van der Waals surface area (Å²) in [5.74, 6) is 0.334. The van der Waals surface area contributed by atoms with Crippen LogP contribution in [0.1, 0.15) is 47.0 Å². The number of rotatable bonds is 5. The van der Waals surface area contributed by atoms with Gasteiger partial charge in [-0.3, -0.25) is 4.79 Å². The van der Waals surface area contributed by atoms with Crippen LogP contribution >= 0.6 is 11.3 Å². The number of amides is 1. The molecule has 2 aromatic rings. The van der Waals surface area contributed by atoms with Crippen molar-refractivity contribution in [3.8, 4) is 0 Å². The summed E-state index contributed by atoms with van der Waals surface area (Å²) >= 11 is 1.47. The molecule has 0 radical (unpaired) electrons. The summed E-state index contributed by atoms with van der Waals surface area (Å²) in [7, 11) is 4.11. The first-order valence-electron chi connectivity index (χ1n) is 8.81. The van der Waals surface area contributed by atoms with Crippen molar-refractivity contribution in [2.75, 3.05) is 14.1 Å². The minimum atomic E-state index is -0.179. The van der Waals surface area contributed by atoms with Gasteiger partial charge in [0, 0.05) is 12.1 Å². The van der Waals surface area contributed by atoms with Gasteiger partial charge in [-0.1, -0.05) is 18.2 Å². The summed E-state index contributed by atoms with van der Waals surface area (Å²) in [6, 6.07) is 11.1. The third kappa shape index (κ3) is 4.47. The maximum absolute atomic E-state index is 13.6. The second-order valence-corrected chi connectivity index (χ2v) is 7.97. The number of thiophene rings is 1. The molecule has 0 saturated heterocycles. The minimum Gasteiger partial charge on any atom is -0.349 e. The highest BCUT2D eigenvalue weighted by Gasteiger charge is 2.30. The zero-order valence-electron chi connectivity index (χ0n) is 14.7. The smallest absolute Gasteiger partial charge is 0.261 e. The number of benzene rings is 1. The van der Waals surface area contributed by atoms with Crippen LogP contribution in [0.2, 0.25) is 0 Å². The average Bonchev–Trinajstić information content (AvgIpc) is 3.11. The van der Waals surface area contributed by atoms with E-state index in [4.69, 9.17) is 0 Å². The van der Waals surface area contributed by atoms with Gasteiger partial charge >= 0.3 is 0 Å². The van der Waals surface area contributed by atoms with Crippen LogP contribution in [0.3, 0.4) is 0 Å². The Balaban J connectivity index is 1.61. The molecular formula is C20H25FN2OS. The molecule has 1 unspecified atom stereocenters. The predicted molar refractivity (Wildman–Crippen MR) is 100 cm³/mol. The molecule has 3 nitrogen and oxygen atoms in total. The van der Waals surface area contributed by atoms with E-state index in [9.17, 15) is 9.18 Å². The first kappa shape index (κ1) is 18.1. The van der Waals surface area contributed by atoms with E-state index in [1.54, 1.807) is 12.1 Å². The van der Waals surface area contributed by atoms with E-state index in [0.29, 0.717) is 5.92 Å². The van der Waals surface area contributed by atoms with Crippen LogP contribution in [0.15, 0.2) is 41.8 Å². The zero-order valence-corrected chi connectivity index (χ0v) is 15.6. The Morgan fingerprint density at radius 1 is 1.20 bits per heavy atom. The van der Waals surface area contributed by atoms with E-state index in [0.717, 1.165) is 36.1 Å². The van der Waals surface area contributed by atoms with E-state index in [-0.39, 0.29) is 23.8 Å². The monoisotopic (exact) mass is 360 g/mol. The Labute approximate surface area is 152 Å². The van der Waals surface area contributed by atoms with Gasteiger partial charge < -0.3 is 10.2 Å². The Morgan fingerprint density at radius 3 is 2.56 bits per heavy atom. The number of carbonyl (C=O) groups excluding carboxylic acids is 1. The van der Waals surface area contributed by atoms with Gasteiger partial charge in [-0.15, -0.1) is 11.3 Å². The van der Waals surface area contributed by atoms with E-state index >= 15 is 0 Å². The van der Waals surface area contributed by atoms with Crippen molar-refractivity contribution in [3.63, 3.8) is 0 Å². The SMILES string of the molecule is CN(C)C(c1cccc(F)c1)C1CCC(NC(=O)c2cccs2)CC1. The molecule has 5 heteroatoms. The van der Waals surface area contributed by atoms with Crippen LogP contribution in [0.4, 0.5) is 4.39 Å². The van der Waals surface area contributed by atoms with E-state index < -0.39 is 0 Å². The third-order valence-electron chi connectivity index (χ3n) is 5.05. The molecule has 1 saturated carbocycles. The number of halogens is 1. The summed E-state index contributed by atoms with van der Waals surface area (Å²) in [4.78, 5) is 15.2. The predicted octanol–water partition coefficient (Wildman–Crippen LogP) is 4.48. The normalized spacial score (nSPS) is 21.9. The molecule has 25 heavy (non-hydrogen) atoms.